The molecule has 10 heteroatoms. The normalized spacial score (nSPS) is 14.5. The number of halogens is 1. The molecule has 0 aliphatic carbocycles. The van der Waals surface area contributed by atoms with Gasteiger partial charge in [0.1, 0.15) is 11.4 Å². The summed E-state index contributed by atoms with van der Waals surface area (Å²) in [6, 6.07) is 9.02. The van der Waals surface area contributed by atoms with Gasteiger partial charge in [0.25, 0.3) is 5.91 Å². The van der Waals surface area contributed by atoms with Crippen LogP contribution in [0.5, 0.6) is 0 Å². The Bertz CT molecular complexity index is 1260. The number of rotatable bonds is 5. The van der Waals surface area contributed by atoms with Gasteiger partial charge >= 0.3 is 6.09 Å². The molecule has 1 saturated heterocycles. The molecule has 1 aliphatic heterocycles. The third-order valence-corrected chi connectivity index (χ3v) is 6.53. The fourth-order valence-electron chi connectivity index (χ4n) is 4.34. The van der Waals surface area contributed by atoms with E-state index in [0.717, 1.165) is 29.7 Å². The SMILES string of the molecule is CCN(C(=O)c1cc(-c2cnn(C3CCN(C(=O)OC(C)(C)C)CC3)c2)cnc1N)c1ccc(Cl)cc1. The lowest BCUT2D eigenvalue weighted by molar-refractivity contribution is 0.0184. The number of carbonyl (C=O) groups is 2. The zero-order chi connectivity index (χ0) is 26.7. The first-order valence-corrected chi connectivity index (χ1v) is 12.8. The number of likely N-dealkylation sites (tertiary alicyclic amines) is 1. The Hall–Kier alpha value is -3.59. The van der Waals surface area contributed by atoms with Gasteiger partial charge in [0.2, 0.25) is 0 Å². The van der Waals surface area contributed by atoms with Gasteiger partial charge in [0.05, 0.1) is 17.8 Å². The molecule has 0 radical (unpaired) electrons. The van der Waals surface area contributed by atoms with Crippen LogP contribution >= 0.6 is 11.6 Å². The van der Waals surface area contributed by atoms with Crippen molar-refractivity contribution in [2.45, 2.75) is 52.2 Å². The van der Waals surface area contributed by atoms with Crippen molar-refractivity contribution >= 4 is 35.1 Å². The van der Waals surface area contributed by atoms with Gasteiger partial charge in [-0.15, -0.1) is 0 Å². The van der Waals surface area contributed by atoms with Gasteiger partial charge in [0, 0.05) is 53.9 Å². The highest BCUT2D eigenvalue weighted by Crippen LogP contribution is 2.28. The number of nitrogens with two attached hydrogens (primary N) is 1. The topological polar surface area (TPSA) is 107 Å². The Morgan fingerprint density at radius 3 is 2.43 bits per heavy atom. The Morgan fingerprint density at radius 1 is 1.14 bits per heavy atom. The molecule has 1 aromatic carbocycles. The number of benzene rings is 1. The second kappa shape index (κ2) is 10.8. The number of ether oxygens (including phenoxy) is 1. The predicted molar refractivity (Wildman–Crippen MR) is 145 cm³/mol. The standard InChI is InChI=1S/C27H33ClN6O3/c1-5-33(21-8-6-20(28)7-9-21)25(35)23-14-18(15-30-24(23)29)19-16-31-34(17-19)22-10-12-32(13-11-22)26(36)37-27(2,3)4/h6-9,14-17,22H,5,10-13H2,1-4H3,(H2,29,30). The molecule has 196 valence electrons. The monoisotopic (exact) mass is 524 g/mol. The van der Waals surface area contributed by atoms with Gasteiger partial charge < -0.3 is 20.3 Å². The second-order valence-corrected chi connectivity index (χ2v) is 10.5. The van der Waals surface area contributed by atoms with Crippen LogP contribution in [0.1, 0.15) is 56.9 Å². The zero-order valence-electron chi connectivity index (χ0n) is 21.6. The van der Waals surface area contributed by atoms with E-state index in [1.165, 1.54) is 0 Å². The van der Waals surface area contributed by atoms with Gasteiger partial charge in [-0.2, -0.15) is 5.10 Å². The van der Waals surface area contributed by atoms with Gasteiger partial charge in [-0.05, 0) is 70.9 Å². The van der Waals surface area contributed by atoms with E-state index < -0.39 is 5.60 Å². The van der Waals surface area contributed by atoms with Crippen LogP contribution in [0.2, 0.25) is 5.02 Å². The van der Waals surface area contributed by atoms with Gasteiger partial charge in [0.15, 0.2) is 0 Å². The highest BCUT2D eigenvalue weighted by molar-refractivity contribution is 6.30. The largest absolute Gasteiger partial charge is 0.444 e. The van der Waals surface area contributed by atoms with Crippen LogP contribution in [0, 0.1) is 0 Å². The Balaban J connectivity index is 1.48. The summed E-state index contributed by atoms with van der Waals surface area (Å²) in [5, 5.41) is 5.16. The van der Waals surface area contributed by atoms with Crippen molar-refractivity contribution in [1.29, 1.82) is 0 Å². The molecule has 3 aromatic rings. The van der Waals surface area contributed by atoms with Crippen molar-refractivity contribution in [3.8, 4) is 11.1 Å². The van der Waals surface area contributed by atoms with Gasteiger partial charge in [-0.1, -0.05) is 11.6 Å². The zero-order valence-corrected chi connectivity index (χ0v) is 22.4. The van der Waals surface area contributed by atoms with E-state index in [1.54, 1.807) is 52.5 Å². The molecule has 9 nitrogen and oxygen atoms in total. The molecule has 2 amide bonds. The summed E-state index contributed by atoms with van der Waals surface area (Å²) in [4.78, 5) is 33.4. The maximum atomic E-state index is 13.4. The molecule has 4 rings (SSSR count). The molecule has 0 unspecified atom stereocenters. The summed E-state index contributed by atoms with van der Waals surface area (Å²) in [5.74, 6) is -0.0679. The maximum Gasteiger partial charge on any atom is 0.410 e. The van der Waals surface area contributed by atoms with Crippen molar-refractivity contribution in [2.75, 3.05) is 30.3 Å². The van der Waals surface area contributed by atoms with Crippen LogP contribution in [-0.4, -0.2) is 56.9 Å². The van der Waals surface area contributed by atoms with E-state index in [2.05, 4.69) is 10.1 Å². The van der Waals surface area contributed by atoms with Crippen LogP contribution in [0.3, 0.4) is 0 Å². The molecule has 2 N–H and O–H groups in total. The van der Waals surface area contributed by atoms with Crippen LogP contribution in [-0.2, 0) is 4.74 Å². The van der Waals surface area contributed by atoms with Crippen molar-refractivity contribution in [3.63, 3.8) is 0 Å². The minimum absolute atomic E-state index is 0.163. The highest BCUT2D eigenvalue weighted by atomic mass is 35.5. The first kappa shape index (κ1) is 26.5. The summed E-state index contributed by atoms with van der Waals surface area (Å²) in [6.07, 6.45) is 6.63. The lowest BCUT2D eigenvalue weighted by Crippen LogP contribution is -2.42. The number of anilines is 2. The van der Waals surface area contributed by atoms with E-state index in [0.29, 0.717) is 30.2 Å². The van der Waals surface area contributed by atoms with Crippen molar-refractivity contribution in [3.05, 3.63) is 59.5 Å². The predicted octanol–water partition coefficient (Wildman–Crippen LogP) is 5.42. The van der Waals surface area contributed by atoms with Crippen molar-refractivity contribution in [1.82, 2.24) is 19.7 Å². The quantitative estimate of drug-likeness (QED) is 0.477. The van der Waals surface area contributed by atoms with E-state index in [-0.39, 0.29) is 23.9 Å². The number of amides is 2. The summed E-state index contributed by atoms with van der Waals surface area (Å²) in [6.45, 7) is 9.17. The van der Waals surface area contributed by atoms with Crippen LogP contribution < -0.4 is 10.6 Å². The number of hydrogen-bond acceptors (Lipinski definition) is 6. The fraction of sp³-hybridized carbons (Fsp3) is 0.407. The lowest BCUT2D eigenvalue weighted by Gasteiger charge is -2.33. The Labute approximate surface area is 222 Å². The van der Waals surface area contributed by atoms with Gasteiger partial charge in [-0.3, -0.25) is 9.48 Å². The average molecular weight is 525 g/mol. The number of carbonyl (C=O) groups excluding carboxylic acids is 2. The highest BCUT2D eigenvalue weighted by Gasteiger charge is 2.28. The van der Waals surface area contributed by atoms with E-state index in [1.807, 2.05) is 38.6 Å². The average Bonchev–Trinajstić information content (AvgIpc) is 3.35. The minimum atomic E-state index is -0.513. The number of hydrogen-bond donors (Lipinski definition) is 1. The first-order valence-electron chi connectivity index (χ1n) is 12.4. The summed E-state index contributed by atoms with van der Waals surface area (Å²) in [7, 11) is 0. The molecular formula is C27H33ClN6O3. The van der Waals surface area contributed by atoms with Crippen molar-refractivity contribution in [2.24, 2.45) is 0 Å². The number of aromatic nitrogens is 3. The molecule has 1 fully saturated rings. The number of nitrogens with zero attached hydrogens (tertiary/aromatic N) is 5. The molecule has 2 aromatic heterocycles. The summed E-state index contributed by atoms with van der Waals surface area (Å²) >= 11 is 6.01. The Morgan fingerprint density at radius 2 is 1.81 bits per heavy atom. The number of nitrogen functional groups attached to an aromatic ring is 1. The maximum absolute atomic E-state index is 13.4. The molecule has 3 heterocycles. The van der Waals surface area contributed by atoms with Crippen molar-refractivity contribution < 1.29 is 14.3 Å². The molecule has 0 spiro atoms. The third-order valence-electron chi connectivity index (χ3n) is 6.27. The van der Waals surface area contributed by atoms with E-state index in [9.17, 15) is 9.59 Å². The fourth-order valence-corrected chi connectivity index (χ4v) is 4.47. The second-order valence-electron chi connectivity index (χ2n) is 10.1. The van der Waals surface area contributed by atoms with E-state index in [4.69, 9.17) is 22.1 Å². The summed E-state index contributed by atoms with van der Waals surface area (Å²) in [5.41, 5.74) is 8.25. The Kier molecular flexibility index (Phi) is 7.73. The van der Waals surface area contributed by atoms with Crippen LogP contribution in [0.25, 0.3) is 11.1 Å². The smallest absolute Gasteiger partial charge is 0.410 e. The lowest BCUT2D eigenvalue weighted by atomic mass is 10.1. The molecule has 0 saturated carbocycles. The molecule has 37 heavy (non-hydrogen) atoms. The molecular weight excluding hydrogens is 492 g/mol. The van der Waals surface area contributed by atoms with E-state index >= 15 is 0 Å². The van der Waals surface area contributed by atoms with Crippen LogP contribution in [0.4, 0.5) is 16.3 Å². The third kappa shape index (κ3) is 6.22. The molecule has 0 atom stereocenters. The van der Waals surface area contributed by atoms with Gasteiger partial charge in [-0.25, -0.2) is 9.78 Å². The summed E-state index contributed by atoms with van der Waals surface area (Å²) < 4.78 is 7.41. The molecule has 1 aliphatic rings. The number of pyridine rings is 1. The van der Waals surface area contributed by atoms with Crippen LogP contribution in [0.15, 0.2) is 48.9 Å². The first-order chi connectivity index (χ1) is 17.6. The molecule has 0 bridgehead atoms. The minimum Gasteiger partial charge on any atom is -0.444 e. The number of piperidine rings is 1.